The number of hydrogen-bond donors (Lipinski definition) is 1. The minimum Gasteiger partial charge on any atom is -0.345 e. The maximum absolute atomic E-state index is 12.6. The van der Waals surface area contributed by atoms with Crippen LogP contribution in [0.5, 0.6) is 0 Å². The van der Waals surface area contributed by atoms with Gasteiger partial charge < -0.3 is 15.5 Å². The molecule has 0 saturated carbocycles. The molecular formula is C20H32ClN3O2. The molecule has 1 saturated heterocycles. The quantitative estimate of drug-likeness (QED) is 0.823. The highest BCUT2D eigenvalue weighted by atomic mass is 35.5. The summed E-state index contributed by atoms with van der Waals surface area (Å²) in [6, 6.07) is 9.46. The number of nitrogens with zero attached hydrogens (tertiary/aromatic N) is 2. The van der Waals surface area contributed by atoms with Gasteiger partial charge in [-0.05, 0) is 37.3 Å². The molecule has 26 heavy (non-hydrogen) atoms. The molecular weight excluding hydrogens is 350 g/mol. The van der Waals surface area contributed by atoms with E-state index in [-0.39, 0.29) is 36.2 Å². The second-order valence-electron chi connectivity index (χ2n) is 7.39. The molecule has 0 bridgehead atoms. The predicted octanol–water partition coefficient (Wildman–Crippen LogP) is 2.79. The van der Waals surface area contributed by atoms with Gasteiger partial charge in [-0.15, -0.1) is 12.4 Å². The highest BCUT2D eigenvalue weighted by Gasteiger charge is 2.29. The number of piperidine rings is 1. The third kappa shape index (κ3) is 5.99. The largest absolute Gasteiger partial charge is 0.345 e. The lowest BCUT2D eigenvalue weighted by molar-refractivity contribution is -0.135. The summed E-state index contributed by atoms with van der Waals surface area (Å²) in [5.74, 6) is 0.682. The molecule has 2 rings (SSSR count). The molecule has 1 aromatic rings. The smallest absolute Gasteiger partial charge is 0.253 e. The molecule has 6 heteroatoms. The van der Waals surface area contributed by atoms with E-state index in [4.69, 9.17) is 5.73 Å². The van der Waals surface area contributed by atoms with Gasteiger partial charge in [0.05, 0.1) is 0 Å². The average Bonchev–Trinajstić information content (AvgIpc) is 2.65. The first-order valence-electron chi connectivity index (χ1n) is 9.25. The van der Waals surface area contributed by atoms with Gasteiger partial charge in [-0.3, -0.25) is 9.59 Å². The molecule has 1 atom stereocenters. The first-order chi connectivity index (χ1) is 11.9. The van der Waals surface area contributed by atoms with Gasteiger partial charge in [0.2, 0.25) is 5.91 Å². The van der Waals surface area contributed by atoms with Crippen LogP contribution >= 0.6 is 12.4 Å². The molecule has 2 N–H and O–H groups in total. The summed E-state index contributed by atoms with van der Waals surface area (Å²) < 4.78 is 0. The van der Waals surface area contributed by atoms with E-state index < -0.39 is 0 Å². The molecule has 0 spiro atoms. The summed E-state index contributed by atoms with van der Waals surface area (Å²) >= 11 is 0. The van der Waals surface area contributed by atoms with E-state index in [0.717, 1.165) is 19.3 Å². The monoisotopic (exact) mass is 381 g/mol. The third-order valence-corrected chi connectivity index (χ3v) is 5.18. The predicted molar refractivity (Wildman–Crippen MR) is 107 cm³/mol. The molecule has 1 unspecified atom stereocenters. The van der Waals surface area contributed by atoms with E-state index in [1.54, 1.807) is 0 Å². The van der Waals surface area contributed by atoms with Crippen molar-refractivity contribution >= 4 is 24.2 Å². The summed E-state index contributed by atoms with van der Waals surface area (Å²) in [6.07, 6.45) is 2.29. The summed E-state index contributed by atoms with van der Waals surface area (Å²) in [5, 5.41) is 0. The van der Waals surface area contributed by atoms with Crippen LogP contribution in [0, 0.1) is 11.8 Å². The fraction of sp³-hybridized carbons (Fsp3) is 0.600. The van der Waals surface area contributed by atoms with Crippen LogP contribution in [0.25, 0.3) is 0 Å². The number of rotatable bonds is 6. The Bertz CT molecular complexity index is 572. The van der Waals surface area contributed by atoms with Crippen LogP contribution in [0.4, 0.5) is 0 Å². The first kappa shape index (κ1) is 22.5. The minimum atomic E-state index is 0. The van der Waals surface area contributed by atoms with Crippen molar-refractivity contribution in [3.63, 3.8) is 0 Å². The average molecular weight is 382 g/mol. The van der Waals surface area contributed by atoms with E-state index in [9.17, 15) is 9.59 Å². The maximum atomic E-state index is 12.6. The topological polar surface area (TPSA) is 66.6 Å². The van der Waals surface area contributed by atoms with Gasteiger partial charge in [-0.2, -0.15) is 0 Å². The molecule has 1 aliphatic rings. The Labute approximate surface area is 163 Å². The Kier molecular flexibility index (Phi) is 9.09. The van der Waals surface area contributed by atoms with Crippen molar-refractivity contribution in [1.29, 1.82) is 0 Å². The van der Waals surface area contributed by atoms with Gasteiger partial charge in [0.15, 0.2) is 0 Å². The lowest BCUT2D eigenvalue weighted by atomic mass is 9.94. The highest BCUT2D eigenvalue weighted by molar-refractivity contribution is 5.94. The van der Waals surface area contributed by atoms with Crippen LogP contribution in [-0.4, -0.2) is 54.3 Å². The molecule has 0 aliphatic carbocycles. The molecule has 1 fully saturated rings. The number of likely N-dealkylation sites (tertiary alicyclic amines) is 1. The van der Waals surface area contributed by atoms with Crippen LogP contribution in [0.15, 0.2) is 30.3 Å². The fourth-order valence-electron chi connectivity index (χ4n) is 3.19. The number of hydrogen-bond acceptors (Lipinski definition) is 3. The van der Waals surface area contributed by atoms with E-state index in [1.807, 2.05) is 47.2 Å². The van der Waals surface area contributed by atoms with E-state index in [1.165, 1.54) is 0 Å². The Morgan fingerprint density at radius 1 is 1.19 bits per heavy atom. The molecule has 2 amide bonds. The summed E-state index contributed by atoms with van der Waals surface area (Å²) in [7, 11) is 1.86. The van der Waals surface area contributed by atoms with Gasteiger partial charge in [0.25, 0.3) is 5.91 Å². The maximum Gasteiger partial charge on any atom is 0.253 e. The van der Waals surface area contributed by atoms with Gasteiger partial charge in [-0.25, -0.2) is 0 Å². The second kappa shape index (κ2) is 10.5. The van der Waals surface area contributed by atoms with Gasteiger partial charge in [0.1, 0.15) is 0 Å². The normalized spacial score (nSPS) is 16.1. The Hall–Kier alpha value is -1.59. The van der Waals surface area contributed by atoms with Crippen molar-refractivity contribution in [3.8, 4) is 0 Å². The van der Waals surface area contributed by atoms with Gasteiger partial charge in [0, 0.05) is 44.2 Å². The lowest BCUT2D eigenvalue weighted by Crippen LogP contribution is -2.44. The number of nitrogens with two attached hydrogens (primary N) is 1. The van der Waals surface area contributed by atoms with Crippen molar-refractivity contribution in [2.45, 2.75) is 39.2 Å². The lowest BCUT2D eigenvalue weighted by Gasteiger charge is -2.33. The SMILES string of the molecule is CC(C)C(N)CCN(C)C(=O)C1CCN(C(=O)c2ccccc2)CC1.Cl. The summed E-state index contributed by atoms with van der Waals surface area (Å²) in [4.78, 5) is 28.7. The first-order valence-corrected chi connectivity index (χ1v) is 9.25. The van der Waals surface area contributed by atoms with Crippen LogP contribution in [0.1, 0.15) is 43.5 Å². The molecule has 1 aliphatic heterocycles. The Morgan fingerprint density at radius 3 is 2.31 bits per heavy atom. The Balaban J connectivity index is 0.00000338. The zero-order chi connectivity index (χ0) is 18.4. The van der Waals surface area contributed by atoms with E-state index in [2.05, 4.69) is 13.8 Å². The van der Waals surface area contributed by atoms with Crippen molar-refractivity contribution < 1.29 is 9.59 Å². The molecule has 0 radical (unpaired) electrons. The molecule has 0 aromatic heterocycles. The Morgan fingerprint density at radius 2 is 1.77 bits per heavy atom. The number of carbonyl (C=O) groups excluding carboxylic acids is 2. The van der Waals surface area contributed by atoms with Crippen LogP contribution < -0.4 is 5.73 Å². The summed E-state index contributed by atoms with van der Waals surface area (Å²) in [5.41, 5.74) is 6.78. The van der Waals surface area contributed by atoms with E-state index >= 15 is 0 Å². The number of benzene rings is 1. The van der Waals surface area contributed by atoms with Gasteiger partial charge >= 0.3 is 0 Å². The standard InChI is InChI=1S/C20H31N3O2.ClH/c1-15(2)18(21)11-12-22(3)19(24)17-9-13-23(14-10-17)20(25)16-7-5-4-6-8-16;/h4-8,15,17-18H,9-14,21H2,1-3H3;1H. The molecule has 1 heterocycles. The van der Waals surface area contributed by atoms with Gasteiger partial charge in [-0.1, -0.05) is 32.0 Å². The minimum absolute atomic E-state index is 0. The van der Waals surface area contributed by atoms with Crippen LogP contribution in [0.3, 0.4) is 0 Å². The van der Waals surface area contributed by atoms with Crippen LogP contribution in [0.2, 0.25) is 0 Å². The second-order valence-corrected chi connectivity index (χ2v) is 7.39. The van der Waals surface area contributed by atoms with Crippen molar-refractivity contribution in [2.24, 2.45) is 17.6 Å². The van der Waals surface area contributed by atoms with Crippen molar-refractivity contribution in [1.82, 2.24) is 9.80 Å². The molecule has 146 valence electrons. The van der Waals surface area contributed by atoms with Crippen LogP contribution in [-0.2, 0) is 4.79 Å². The number of carbonyl (C=O) groups is 2. The van der Waals surface area contributed by atoms with E-state index in [0.29, 0.717) is 31.1 Å². The fourth-order valence-corrected chi connectivity index (χ4v) is 3.19. The third-order valence-electron chi connectivity index (χ3n) is 5.18. The molecule has 1 aromatic carbocycles. The zero-order valence-corrected chi connectivity index (χ0v) is 16.9. The number of halogens is 1. The number of amides is 2. The van der Waals surface area contributed by atoms with Crippen molar-refractivity contribution in [2.75, 3.05) is 26.7 Å². The zero-order valence-electron chi connectivity index (χ0n) is 16.1. The highest BCUT2D eigenvalue weighted by Crippen LogP contribution is 2.21. The summed E-state index contributed by atoms with van der Waals surface area (Å²) in [6.45, 7) is 6.19. The van der Waals surface area contributed by atoms with Crippen molar-refractivity contribution in [3.05, 3.63) is 35.9 Å². The molecule has 5 nitrogen and oxygen atoms in total.